The summed E-state index contributed by atoms with van der Waals surface area (Å²) in [4.78, 5) is 9.23. The van der Waals surface area contributed by atoms with Gasteiger partial charge in [0.2, 0.25) is 0 Å². The molecule has 278 valence electrons. The number of nitriles is 1. The van der Waals surface area contributed by atoms with E-state index in [0.717, 1.165) is 96.3 Å². The van der Waals surface area contributed by atoms with Crippen LogP contribution in [-0.4, -0.2) is 67.3 Å². The highest BCUT2D eigenvalue weighted by atomic mass is 35.5. The molecule has 0 saturated carbocycles. The van der Waals surface area contributed by atoms with Gasteiger partial charge in [0.1, 0.15) is 36.5 Å². The molecule has 0 radical (unpaired) electrons. The molecule has 0 aliphatic carbocycles. The molecule has 3 saturated heterocycles. The number of ether oxygens (including phenoxy) is 4. The van der Waals surface area contributed by atoms with E-state index >= 15 is 0 Å². The summed E-state index contributed by atoms with van der Waals surface area (Å²) in [5, 5.41) is 9.90. The van der Waals surface area contributed by atoms with Crippen LogP contribution in [0.5, 0.6) is 17.2 Å². The lowest BCUT2D eigenvalue weighted by atomic mass is 9.77. The van der Waals surface area contributed by atoms with Gasteiger partial charge in [-0.25, -0.2) is 0 Å². The molecular formula is C44H51ClN4O4. The number of benzene rings is 3. The molecule has 3 aliphatic rings. The van der Waals surface area contributed by atoms with E-state index in [1.165, 1.54) is 45.2 Å². The van der Waals surface area contributed by atoms with Gasteiger partial charge in [-0.2, -0.15) is 5.26 Å². The summed E-state index contributed by atoms with van der Waals surface area (Å²) in [7, 11) is 0. The number of nitrogens with zero attached hydrogens (tertiary/aromatic N) is 4. The van der Waals surface area contributed by atoms with Crippen molar-refractivity contribution >= 4 is 11.6 Å². The SMILES string of the molecule is Cc1c(COc2cc(OCc3cncc(C#N)c3)c(CN3CCCCC3)cc2Cl)cccc1-c1cccc(OCCCN2CCC3(CC2)COC3)c1C. The third kappa shape index (κ3) is 9.16. The maximum absolute atomic E-state index is 9.34. The lowest BCUT2D eigenvalue weighted by Gasteiger charge is -2.47. The summed E-state index contributed by atoms with van der Waals surface area (Å²) in [5.74, 6) is 2.24. The molecule has 1 aromatic heterocycles. The number of halogens is 1. The summed E-state index contributed by atoms with van der Waals surface area (Å²) in [6.45, 7) is 13.8. The van der Waals surface area contributed by atoms with Crippen LogP contribution in [0, 0.1) is 30.6 Å². The third-order valence-corrected chi connectivity index (χ3v) is 11.6. The fourth-order valence-electron chi connectivity index (χ4n) is 7.84. The van der Waals surface area contributed by atoms with E-state index in [2.05, 4.69) is 71.1 Å². The van der Waals surface area contributed by atoms with Crippen molar-refractivity contribution in [2.24, 2.45) is 5.41 Å². The summed E-state index contributed by atoms with van der Waals surface area (Å²) in [6.07, 6.45) is 10.5. The van der Waals surface area contributed by atoms with Gasteiger partial charge in [-0.15, -0.1) is 0 Å². The van der Waals surface area contributed by atoms with Crippen molar-refractivity contribution in [2.75, 3.05) is 52.5 Å². The number of piperidine rings is 2. The fourth-order valence-corrected chi connectivity index (χ4v) is 8.08. The van der Waals surface area contributed by atoms with Crippen LogP contribution in [-0.2, 0) is 24.5 Å². The van der Waals surface area contributed by atoms with Crippen LogP contribution in [0.2, 0.25) is 5.02 Å². The van der Waals surface area contributed by atoms with E-state index < -0.39 is 0 Å². The zero-order valence-corrected chi connectivity index (χ0v) is 31.9. The Morgan fingerprint density at radius 1 is 0.792 bits per heavy atom. The molecule has 1 spiro atoms. The Morgan fingerprint density at radius 2 is 1.55 bits per heavy atom. The third-order valence-electron chi connectivity index (χ3n) is 11.3. The quantitative estimate of drug-likeness (QED) is 0.119. The number of pyridine rings is 1. The molecule has 0 bridgehead atoms. The topological polar surface area (TPSA) is 80.1 Å². The van der Waals surface area contributed by atoms with E-state index in [4.69, 9.17) is 30.5 Å². The van der Waals surface area contributed by atoms with Crippen molar-refractivity contribution in [2.45, 2.75) is 72.1 Å². The predicted molar refractivity (Wildman–Crippen MR) is 209 cm³/mol. The second kappa shape index (κ2) is 17.3. The molecule has 3 fully saturated rings. The molecular weight excluding hydrogens is 684 g/mol. The van der Waals surface area contributed by atoms with Gasteiger partial charge in [-0.05, 0) is 118 Å². The van der Waals surface area contributed by atoms with E-state index in [9.17, 15) is 5.26 Å². The number of likely N-dealkylation sites (tertiary alicyclic amines) is 2. The van der Waals surface area contributed by atoms with Crippen molar-refractivity contribution in [1.82, 2.24) is 14.8 Å². The minimum Gasteiger partial charge on any atom is -0.493 e. The fraction of sp³-hybridized carbons (Fsp3) is 0.455. The Hall–Kier alpha value is -4.13. The molecule has 4 heterocycles. The molecule has 0 unspecified atom stereocenters. The zero-order valence-electron chi connectivity index (χ0n) is 31.2. The summed E-state index contributed by atoms with van der Waals surface area (Å²) < 4.78 is 24.7. The first-order valence-electron chi connectivity index (χ1n) is 19.2. The second-order valence-electron chi connectivity index (χ2n) is 15.1. The minimum atomic E-state index is 0.287. The van der Waals surface area contributed by atoms with Crippen LogP contribution in [0.4, 0.5) is 0 Å². The van der Waals surface area contributed by atoms with Gasteiger partial charge in [0.15, 0.2) is 0 Å². The van der Waals surface area contributed by atoms with Crippen molar-refractivity contribution in [1.29, 1.82) is 5.26 Å². The molecule has 3 aromatic carbocycles. The first-order chi connectivity index (χ1) is 25.9. The molecule has 8 nitrogen and oxygen atoms in total. The highest BCUT2D eigenvalue weighted by Gasteiger charge is 2.40. The van der Waals surface area contributed by atoms with E-state index in [-0.39, 0.29) is 6.61 Å². The normalized spacial score (nSPS) is 17.2. The molecule has 0 amide bonds. The van der Waals surface area contributed by atoms with Crippen molar-refractivity contribution in [3.63, 3.8) is 0 Å². The molecule has 3 aliphatic heterocycles. The van der Waals surface area contributed by atoms with Gasteiger partial charge in [-0.3, -0.25) is 9.88 Å². The maximum Gasteiger partial charge on any atom is 0.142 e. The van der Waals surface area contributed by atoms with E-state index in [0.29, 0.717) is 35.0 Å². The Balaban J connectivity index is 1.01. The number of hydrogen-bond acceptors (Lipinski definition) is 8. The molecule has 4 aromatic rings. The first kappa shape index (κ1) is 37.2. The van der Waals surface area contributed by atoms with Gasteiger partial charge < -0.3 is 23.8 Å². The van der Waals surface area contributed by atoms with Crippen molar-refractivity contribution < 1.29 is 18.9 Å². The summed E-state index contributed by atoms with van der Waals surface area (Å²) >= 11 is 6.90. The number of rotatable bonds is 14. The molecule has 7 rings (SSSR count). The first-order valence-corrected chi connectivity index (χ1v) is 19.5. The maximum atomic E-state index is 9.34. The average Bonchev–Trinajstić information content (AvgIpc) is 3.17. The highest BCUT2D eigenvalue weighted by Crippen LogP contribution is 2.39. The van der Waals surface area contributed by atoms with Crippen molar-refractivity contribution in [3.05, 3.63) is 105 Å². The van der Waals surface area contributed by atoms with Crippen molar-refractivity contribution in [3.8, 4) is 34.4 Å². The number of hydrogen-bond donors (Lipinski definition) is 0. The molecule has 0 N–H and O–H groups in total. The van der Waals surface area contributed by atoms with Crippen LogP contribution in [0.15, 0.2) is 67.0 Å². The lowest BCUT2D eigenvalue weighted by molar-refractivity contribution is -0.139. The van der Waals surface area contributed by atoms with Crippen LogP contribution in [0.25, 0.3) is 11.1 Å². The number of aromatic nitrogens is 1. The van der Waals surface area contributed by atoms with Gasteiger partial charge in [0.25, 0.3) is 0 Å². The summed E-state index contributed by atoms with van der Waals surface area (Å²) in [6, 6.07) is 20.6. The average molecular weight is 735 g/mol. The largest absolute Gasteiger partial charge is 0.493 e. The van der Waals surface area contributed by atoms with Crippen LogP contribution in [0.3, 0.4) is 0 Å². The second-order valence-corrected chi connectivity index (χ2v) is 15.5. The Bertz CT molecular complexity index is 1910. The smallest absolute Gasteiger partial charge is 0.142 e. The Morgan fingerprint density at radius 3 is 2.30 bits per heavy atom. The minimum absolute atomic E-state index is 0.287. The Labute approximate surface area is 319 Å². The van der Waals surface area contributed by atoms with Gasteiger partial charge in [0.05, 0.1) is 30.4 Å². The van der Waals surface area contributed by atoms with Crippen LogP contribution in [0.1, 0.15) is 71.9 Å². The molecule has 0 atom stereocenters. The van der Waals surface area contributed by atoms with E-state index in [1.807, 2.05) is 12.1 Å². The van der Waals surface area contributed by atoms with Gasteiger partial charge in [0, 0.05) is 48.1 Å². The van der Waals surface area contributed by atoms with E-state index in [1.54, 1.807) is 18.5 Å². The summed E-state index contributed by atoms with van der Waals surface area (Å²) in [5.41, 5.74) is 8.55. The molecule has 53 heavy (non-hydrogen) atoms. The monoisotopic (exact) mass is 734 g/mol. The lowest BCUT2D eigenvalue weighted by Crippen LogP contribution is -2.51. The highest BCUT2D eigenvalue weighted by molar-refractivity contribution is 6.32. The predicted octanol–water partition coefficient (Wildman–Crippen LogP) is 8.92. The van der Waals surface area contributed by atoms with Gasteiger partial charge in [-0.1, -0.05) is 48.4 Å². The van der Waals surface area contributed by atoms with Gasteiger partial charge >= 0.3 is 0 Å². The van der Waals surface area contributed by atoms with Crippen LogP contribution < -0.4 is 14.2 Å². The standard InChI is InChI=1S/C44H51ClN4O4/c1-32-36(9-6-10-38(32)39-11-7-12-41(33(39)2)51-20-8-17-48-18-13-44(14-19-48)30-50-31-44)29-53-43-23-42(52-28-35-21-34(24-46)25-47-26-35)37(22-40(43)45)27-49-15-4-3-5-16-49/h6-7,9-12,21-23,25-26H,3-5,8,13-20,27-31H2,1-2H3. The zero-order chi connectivity index (χ0) is 36.6. The van der Waals surface area contributed by atoms with Crippen LogP contribution >= 0.6 is 11.6 Å². The molecule has 9 heteroatoms. The Kier molecular flexibility index (Phi) is 12.2.